The summed E-state index contributed by atoms with van der Waals surface area (Å²) in [7, 11) is 0. The number of guanidine groups is 1. The van der Waals surface area contributed by atoms with E-state index in [9.17, 15) is 0 Å². The van der Waals surface area contributed by atoms with Crippen LogP contribution in [0.4, 0.5) is 0 Å². The van der Waals surface area contributed by atoms with Gasteiger partial charge in [-0.1, -0.05) is 44.2 Å². The Kier molecular flexibility index (Phi) is 7.98. The SMILES string of the molecule is CC(C)(CCCc1ccccc1)CN=C(N)N.I. The van der Waals surface area contributed by atoms with Gasteiger partial charge in [0.1, 0.15) is 0 Å². The number of aryl methyl sites for hydroxylation is 1. The number of rotatable bonds is 6. The summed E-state index contributed by atoms with van der Waals surface area (Å²) in [5.74, 6) is 0.182. The van der Waals surface area contributed by atoms with E-state index >= 15 is 0 Å². The summed E-state index contributed by atoms with van der Waals surface area (Å²) >= 11 is 0. The lowest BCUT2D eigenvalue weighted by Crippen LogP contribution is -2.26. The second-order valence-corrected chi connectivity index (χ2v) is 5.24. The van der Waals surface area contributed by atoms with E-state index in [1.807, 2.05) is 6.07 Å². The normalized spacial score (nSPS) is 10.6. The summed E-state index contributed by atoms with van der Waals surface area (Å²) in [6, 6.07) is 10.6. The van der Waals surface area contributed by atoms with E-state index in [1.165, 1.54) is 5.56 Å². The van der Waals surface area contributed by atoms with Crippen molar-refractivity contribution in [3.05, 3.63) is 35.9 Å². The topological polar surface area (TPSA) is 64.4 Å². The predicted octanol–water partition coefficient (Wildman–Crippen LogP) is 2.93. The molecular weight excluding hydrogens is 337 g/mol. The molecule has 0 atom stereocenters. The summed E-state index contributed by atoms with van der Waals surface area (Å²) in [5, 5.41) is 0. The lowest BCUT2D eigenvalue weighted by molar-refractivity contribution is 0.338. The van der Waals surface area contributed by atoms with Crippen molar-refractivity contribution in [2.75, 3.05) is 6.54 Å². The molecule has 0 saturated carbocycles. The molecule has 18 heavy (non-hydrogen) atoms. The molecule has 3 nitrogen and oxygen atoms in total. The second kappa shape index (κ2) is 8.34. The van der Waals surface area contributed by atoms with E-state index in [0.29, 0.717) is 6.54 Å². The Labute approximate surface area is 127 Å². The monoisotopic (exact) mass is 361 g/mol. The van der Waals surface area contributed by atoms with Crippen molar-refractivity contribution < 1.29 is 0 Å². The molecule has 0 aliphatic heterocycles. The number of aliphatic imine (C=N–C) groups is 1. The molecule has 0 saturated heterocycles. The minimum absolute atomic E-state index is 0. The molecule has 0 aromatic heterocycles. The highest BCUT2D eigenvalue weighted by molar-refractivity contribution is 14.0. The zero-order valence-electron chi connectivity index (χ0n) is 11.2. The third-order valence-electron chi connectivity index (χ3n) is 2.85. The fourth-order valence-electron chi connectivity index (χ4n) is 1.80. The van der Waals surface area contributed by atoms with Crippen molar-refractivity contribution in [3.63, 3.8) is 0 Å². The first-order valence-electron chi connectivity index (χ1n) is 6.09. The van der Waals surface area contributed by atoms with Gasteiger partial charge in [0.2, 0.25) is 0 Å². The van der Waals surface area contributed by atoms with Crippen LogP contribution in [0.15, 0.2) is 35.3 Å². The van der Waals surface area contributed by atoms with Gasteiger partial charge in [-0.3, -0.25) is 4.99 Å². The number of hydrogen-bond donors (Lipinski definition) is 2. The number of benzene rings is 1. The lowest BCUT2D eigenvalue weighted by Gasteiger charge is -2.22. The maximum absolute atomic E-state index is 5.35. The number of halogens is 1. The number of nitrogens with zero attached hydrogens (tertiary/aromatic N) is 1. The summed E-state index contributed by atoms with van der Waals surface area (Å²) < 4.78 is 0. The van der Waals surface area contributed by atoms with Gasteiger partial charge >= 0.3 is 0 Å². The molecule has 1 aromatic rings. The molecule has 0 fully saturated rings. The molecule has 0 heterocycles. The molecule has 4 N–H and O–H groups in total. The molecule has 1 rings (SSSR count). The van der Waals surface area contributed by atoms with Crippen LogP contribution in [0.1, 0.15) is 32.3 Å². The highest BCUT2D eigenvalue weighted by atomic mass is 127. The zero-order chi connectivity index (χ0) is 12.7. The highest BCUT2D eigenvalue weighted by Crippen LogP contribution is 2.23. The van der Waals surface area contributed by atoms with Gasteiger partial charge in [0.25, 0.3) is 0 Å². The smallest absolute Gasteiger partial charge is 0.185 e. The molecular formula is C14H24IN3. The zero-order valence-corrected chi connectivity index (χ0v) is 13.6. The Morgan fingerprint density at radius 2 is 1.78 bits per heavy atom. The lowest BCUT2D eigenvalue weighted by atomic mass is 9.86. The Bertz CT molecular complexity index is 357. The predicted molar refractivity (Wildman–Crippen MR) is 89.3 cm³/mol. The van der Waals surface area contributed by atoms with Crippen LogP contribution in [0.3, 0.4) is 0 Å². The summed E-state index contributed by atoms with van der Waals surface area (Å²) in [5.41, 5.74) is 12.3. The van der Waals surface area contributed by atoms with E-state index < -0.39 is 0 Å². The van der Waals surface area contributed by atoms with Crippen LogP contribution in [0.25, 0.3) is 0 Å². The quantitative estimate of drug-likeness (QED) is 0.465. The fourth-order valence-corrected chi connectivity index (χ4v) is 1.80. The van der Waals surface area contributed by atoms with Crippen molar-refractivity contribution in [2.45, 2.75) is 33.1 Å². The molecule has 0 unspecified atom stereocenters. The van der Waals surface area contributed by atoms with Gasteiger partial charge in [0.05, 0.1) is 0 Å². The van der Waals surface area contributed by atoms with Crippen LogP contribution in [0.5, 0.6) is 0 Å². The maximum Gasteiger partial charge on any atom is 0.185 e. The first-order valence-corrected chi connectivity index (χ1v) is 6.09. The van der Waals surface area contributed by atoms with Gasteiger partial charge in [-0.05, 0) is 30.2 Å². The van der Waals surface area contributed by atoms with Gasteiger partial charge in [-0.25, -0.2) is 0 Å². The molecule has 4 heteroatoms. The minimum atomic E-state index is 0. The molecule has 0 spiro atoms. The van der Waals surface area contributed by atoms with Gasteiger partial charge in [0.15, 0.2) is 5.96 Å². The third-order valence-corrected chi connectivity index (χ3v) is 2.85. The van der Waals surface area contributed by atoms with E-state index in [0.717, 1.165) is 19.3 Å². The van der Waals surface area contributed by atoms with Gasteiger partial charge < -0.3 is 11.5 Å². The van der Waals surface area contributed by atoms with Crippen LogP contribution in [0.2, 0.25) is 0 Å². The average Bonchev–Trinajstić information content (AvgIpc) is 2.28. The molecule has 1 aromatic carbocycles. The Morgan fingerprint density at radius 1 is 1.17 bits per heavy atom. The van der Waals surface area contributed by atoms with Crippen LogP contribution in [-0.2, 0) is 6.42 Å². The van der Waals surface area contributed by atoms with Gasteiger partial charge in [-0.15, -0.1) is 24.0 Å². The van der Waals surface area contributed by atoms with Crippen molar-refractivity contribution in [1.82, 2.24) is 0 Å². The highest BCUT2D eigenvalue weighted by Gasteiger charge is 2.16. The Morgan fingerprint density at radius 3 is 2.33 bits per heavy atom. The number of hydrogen-bond acceptors (Lipinski definition) is 1. The first kappa shape index (κ1) is 17.2. The number of nitrogens with two attached hydrogens (primary N) is 2. The maximum atomic E-state index is 5.35. The summed E-state index contributed by atoms with van der Waals surface area (Å²) in [6.45, 7) is 5.10. The Balaban J connectivity index is 0.00000289. The van der Waals surface area contributed by atoms with Crippen molar-refractivity contribution in [3.8, 4) is 0 Å². The molecule has 0 aliphatic rings. The standard InChI is InChI=1S/C14H23N3.HI/c1-14(2,11-17-13(15)16)10-6-9-12-7-4-3-5-8-12;/h3-5,7-8H,6,9-11H2,1-2H3,(H4,15,16,17);1H. The van der Waals surface area contributed by atoms with Crippen molar-refractivity contribution in [1.29, 1.82) is 0 Å². The van der Waals surface area contributed by atoms with Crippen molar-refractivity contribution >= 4 is 29.9 Å². The van der Waals surface area contributed by atoms with Crippen LogP contribution >= 0.6 is 24.0 Å². The van der Waals surface area contributed by atoms with Crippen LogP contribution in [0, 0.1) is 5.41 Å². The largest absolute Gasteiger partial charge is 0.370 e. The third kappa shape index (κ3) is 7.53. The van der Waals surface area contributed by atoms with Crippen molar-refractivity contribution in [2.24, 2.45) is 21.9 Å². The molecule has 0 radical (unpaired) electrons. The first-order chi connectivity index (χ1) is 7.99. The summed E-state index contributed by atoms with van der Waals surface area (Å²) in [6.07, 6.45) is 3.40. The Hall–Kier alpha value is -0.780. The van der Waals surface area contributed by atoms with E-state index in [-0.39, 0.29) is 35.4 Å². The van der Waals surface area contributed by atoms with Gasteiger partial charge in [-0.2, -0.15) is 0 Å². The van der Waals surface area contributed by atoms with E-state index in [2.05, 4.69) is 43.1 Å². The summed E-state index contributed by atoms with van der Waals surface area (Å²) in [4.78, 5) is 4.09. The molecule has 102 valence electrons. The molecule has 0 amide bonds. The minimum Gasteiger partial charge on any atom is -0.370 e. The molecule has 0 aliphatic carbocycles. The fraction of sp³-hybridized carbons (Fsp3) is 0.500. The van der Waals surface area contributed by atoms with E-state index in [4.69, 9.17) is 11.5 Å². The van der Waals surface area contributed by atoms with Gasteiger partial charge in [0, 0.05) is 6.54 Å². The van der Waals surface area contributed by atoms with Crippen LogP contribution in [-0.4, -0.2) is 12.5 Å². The van der Waals surface area contributed by atoms with Crippen LogP contribution < -0.4 is 11.5 Å². The molecule has 0 bridgehead atoms. The van der Waals surface area contributed by atoms with E-state index in [1.54, 1.807) is 0 Å². The average molecular weight is 361 g/mol. The second-order valence-electron chi connectivity index (χ2n) is 5.24.